The van der Waals surface area contributed by atoms with Gasteiger partial charge in [-0.15, -0.1) is 11.3 Å². The smallest absolute Gasteiger partial charge is 0.324 e. The fourth-order valence-corrected chi connectivity index (χ4v) is 4.63. The normalized spacial score (nSPS) is 13.1. The summed E-state index contributed by atoms with van der Waals surface area (Å²) in [6, 6.07) is 14.0. The molecule has 0 aliphatic rings. The van der Waals surface area contributed by atoms with Crippen LogP contribution in [0, 0.1) is 0 Å². The van der Waals surface area contributed by atoms with Crippen LogP contribution < -0.4 is 14.8 Å². The Kier molecular flexibility index (Phi) is 7.79. The molecule has 0 aliphatic carbocycles. The van der Waals surface area contributed by atoms with E-state index < -0.39 is 34.0 Å². The fourth-order valence-electron chi connectivity index (χ4n) is 2.71. The molecule has 1 amide bonds. The first-order valence-corrected chi connectivity index (χ1v) is 12.2. The van der Waals surface area contributed by atoms with Crippen LogP contribution in [0.1, 0.15) is 13.8 Å². The number of anilines is 1. The summed E-state index contributed by atoms with van der Waals surface area (Å²) in [5, 5.41) is 4.76. The molecule has 1 heterocycles. The highest BCUT2D eigenvalue weighted by Gasteiger charge is 2.27. The van der Waals surface area contributed by atoms with E-state index in [0.29, 0.717) is 16.6 Å². The summed E-state index contributed by atoms with van der Waals surface area (Å²) >= 11 is 1.24. The van der Waals surface area contributed by atoms with Crippen molar-refractivity contribution in [2.75, 3.05) is 12.4 Å². The topological polar surface area (TPSA) is 124 Å². The molecule has 33 heavy (non-hydrogen) atoms. The number of hydrogen-bond donors (Lipinski definition) is 2. The Hall–Kier alpha value is -3.28. The largest absolute Gasteiger partial charge is 0.497 e. The Bertz CT molecular complexity index is 1210. The molecular weight excluding hydrogens is 466 g/mol. The van der Waals surface area contributed by atoms with Crippen LogP contribution in [0.3, 0.4) is 0 Å². The highest BCUT2D eigenvalue weighted by Crippen LogP contribution is 2.24. The van der Waals surface area contributed by atoms with E-state index in [2.05, 4.69) is 15.0 Å². The third-order valence-corrected chi connectivity index (χ3v) is 6.84. The molecule has 3 rings (SSSR count). The van der Waals surface area contributed by atoms with Gasteiger partial charge in [0.1, 0.15) is 11.8 Å². The SMILES string of the molecule is COc1ccc(S(=O)(=O)NC(C)C(=O)OC(C)C(=O)Nc2nc(-c3ccccc3)cs2)cc1. The number of amides is 1. The number of thiazole rings is 1. The van der Waals surface area contributed by atoms with Gasteiger partial charge in [-0.05, 0) is 38.1 Å². The molecule has 9 nitrogen and oxygen atoms in total. The van der Waals surface area contributed by atoms with Crippen molar-refractivity contribution in [3.05, 3.63) is 60.0 Å². The van der Waals surface area contributed by atoms with Gasteiger partial charge in [0.25, 0.3) is 5.91 Å². The molecular formula is C22H23N3O6S2. The molecule has 11 heteroatoms. The van der Waals surface area contributed by atoms with E-state index in [9.17, 15) is 18.0 Å². The van der Waals surface area contributed by atoms with Crippen LogP contribution >= 0.6 is 11.3 Å². The van der Waals surface area contributed by atoms with E-state index >= 15 is 0 Å². The number of aromatic nitrogens is 1. The van der Waals surface area contributed by atoms with Gasteiger partial charge in [-0.25, -0.2) is 13.4 Å². The van der Waals surface area contributed by atoms with Crippen molar-refractivity contribution < 1.29 is 27.5 Å². The van der Waals surface area contributed by atoms with Crippen molar-refractivity contribution in [1.29, 1.82) is 0 Å². The lowest BCUT2D eigenvalue weighted by Gasteiger charge is -2.17. The zero-order valence-corrected chi connectivity index (χ0v) is 19.8. The monoisotopic (exact) mass is 489 g/mol. The Morgan fingerprint density at radius 1 is 1.03 bits per heavy atom. The average Bonchev–Trinajstić information content (AvgIpc) is 3.27. The van der Waals surface area contributed by atoms with Gasteiger partial charge in [0.05, 0.1) is 17.7 Å². The standard InChI is InChI=1S/C22H23N3O6S2/c1-14(25-33(28,29)18-11-9-17(30-3)10-12-18)21(27)31-15(2)20(26)24-22-23-19(13-32-22)16-7-5-4-6-8-16/h4-15,25H,1-3H3,(H,23,24,26). The Morgan fingerprint density at radius 3 is 2.33 bits per heavy atom. The Balaban J connectivity index is 1.55. The second-order valence-corrected chi connectivity index (χ2v) is 9.56. The van der Waals surface area contributed by atoms with Crippen LogP contribution in [0.5, 0.6) is 5.75 Å². The summed E-state index contributed by atoms with van der Waals surface area (Å²) in [7, 11) is -2.51. The number of rotatable bonds is 9. The summed E-state index contributed by atoms with van der Waals surface area (Å²) in [5.41, 5.74) is 1.62. The lowest BCUT2D eigenvalue weighted by atomic mass is 10.2. The molecule has 0 saturated heterocycles. The molecule has 1 aromatic heterocycles. The highest BCUT2D eigenvalue weighted by molar-refractivity contribution is 7.89. The zero-order valence-electron chi connectivity index (χ0n) is 18.1. The van der Waals surface area contributed by atoms with Gasteiger partial charge in [-0.2, -0.15) is 4.72 Å². The minimum atomic E-state index is -3.97. The maximum absolute atomic E-state index is 12.5. The molecule has 0 spiro atoms. The minimum absolute atomic E-state index is 0.0354. The number of methoxy groups -OCH3 is 1. The number of hydrogen-bond acceptors (Lipinski definition) is 8. The molecule has 0 radical (unpaired) electrons. The summed E-state index contributed by atoms with van der Waals surface area (Å²) in [4.78, 5) is 29.1. The number of benzene rings is 2. The molecule has 0 bridgehead atoms. The van der Waals surface area contributed by atoms with Crippen molar-refractivity contribution >= 4 is 38.4 Å². The number of ether oxygens (including phenoxy) is 2. The number of esters is 1. The first-order valence-electron chi connectivity index (χ1n) is 9.88. The van der Waals surface area contributed by atoms with Gasteiger partial charge in [0.2, 0.25) is 10.0 Å². The molecule has 2 N–H and O–H groups in total. The number of sulfonamides is 1. The van der Waals surface area contributed by atoms with Gasteiger partial charge in [0.15, 0.2) is 11.2 Å². The summed E-state index contributed by atoms with van der Waals surface area (Å²) in [6.07, 6.45) is -1.16. The second kappa shape index (κ2) is 10.6. The first kappa shape index (κ1) is 24.4. The first-order chi connectivity index (χ1) is 15.7. The maximum atomic E-state index is 12.5. The van der Waals surface area contributed by atoms with E-state index in [4.69, 9.17) is 9.47 Å². The third-order valence-electron chi connectivity index (χ3n) is 4.52. The van der Waals surface area contributed by atoms with E-state index in [0.717, 1.165) is 5.56 Å². The Morgan fingerprint density at radius 2 is 1.70 bits per heavy atom. The lowest BCUT2D eigenvalue weighted by Crippen LogP contribution is -2.42. The second-order valence-electron chi connectivity index (χ2n) is 6.99. The van der Waals surface area contributed by atoms with Crippen molar-refractivity contribution in [1.82, 2.24) is 9.71 Å². The minimum Gasteiger partial charge on any atom is -0.497 e. The van der Waals surface area contributed by atoms with Crippen molar-refractivity contribution in [2.45, 2.75) is 30.9 Å². The third kappa shape index (κ3) is 6.37. The molecule has 0 saturated carbocycles. The van der Waals surface area contributed by atoms with Gasteiger partial charge >= 0.3 is 5.97 Å². The molecule has 3 aromatic rings. The van der Waals surface area contributed by atoms with Gasteiger partial charge in [-0.1, -0.05) is 30.3 Å². The van der Waals surface area contributed by atoms with E-state index in [1.807, 2.05) is 30.3 Å². The number of nitrogens with one attached hydrogen (secondary N) is 2. The quantitative estimate of drug-likeness (QED) is 0.443. The molecule has 174 valence electrons. The summed E-state index contributed by atoms with van der Waals surface area (Å²) in [6.45, 7) is 2.73. The van der Waals surface area contributed by atoms with E-state index in [-0.39, 0.29) is 4.90 Å². The average molecular weight is 490 g/mol. The summed E-state index contributed by atoms with van der Waals surface area (Å²) < 4.78 is 37.3. The molecule has 2 unspecified atom stereocenters. The van der Waals surface area contributed by atoms with Crippen LogP contribution in [-0.4, -0.2) is 44.5 Å². The van der Waals surface area contributed by atoms with E-state index in [1.165, 1.54) is 56.6 Å². The fraction of sp³-hybridized carbons (Fsp3) is 0.227. The van der Waals surface area contributed by atoms with Crippen molar-refractivity contribution in [3.8, 4) is 17.0 Å². The highest BCUT2D eigenvalue weighted by atomic mass is 32.2. The molecule has 0 fully saturated rings. The van der Waals surface area contributed by atoms with Crippen LogP contribution in [0.15, 0.2) is 64.9 Å². The van der Waals surface area contributed by atoms with E-state index in [1.54, 1.807) is 5.38 Å². The summed E-state index contributed by atoms with van der Waals surface area (Å²) in [5.74, 6) is -0.973. The predicted molar refractivity (Wildman–Crippen MR) is 125 cm³/mol. The number of carbonyl (C=O) groups is 2. The number of nitrogens with zero attached hydrogens (tertiary/aromatic N) is 1. The van der Waals surface area contributed by atoms with Crippen molar-refractivity contribution in [3.63, 3.8) is 0 Å². The van der Waals surface area contributed by atoms with Crippen LogP contribution in [0.25, 0.3) is 11.3 Å². The molecule has 0 aliphatic heterocycles. The van der Waals surface area contributed by atoms with Crippen LogP contribution in [-0.2, 0) is 24.3 Å². The zero-order chi connectivity index (χ0) is 24.0. The van der Waals surface area contributed by atoms with Gasteiger partial charge in [0, 0.05) is 10.9 Å². The maximum Gasteiger partial charge on any atom is 0.324 e. The van der Waals surface area contributed by atoms with Gasteiger partial charge < -0.3 is 9.47 Å². The Labute approximate surface area is 195 Å². The van der Waals surface area contributed by atoms with Gasteiger partial charge in [-0.3, -0.25) is 14.9 Å². The predicted octanol–water partition coefficient (Wildman–Crippen LogP) is 3.06. The van der Waals surface area contributed by atoms with Crippen LogP contribution in [0.2, 0.25) is 0 Å². The molecule has 2 aromatic carbocycles. The van der Waals surface area contributed by atoms with Crippen LogP contribution in [0.4, 0.5) is 5.13 Å². The molecule has 2 atom stereocenters. The number of carbonyl (C=O) groups excluding carboxylic acids is 2. The lowest BCUT2D eigenvalue weighted by molar-refractivity contribution is -0.154. The van der Waals surface area contributed by atoms with Crippen molar-refractivity contribution in [2.24, 2.45) is 0 Å².